The van der Waals surface area contributed by atoms with Gasteiger partial charge in [-0.25, -0.2) is 4.39 Å². The molecule has 0 aliphatic heterocycles. The molecule has 0 fully saturated rings. The number of hydrogen-bond acceptors (Lipinski definition) is 1. The Balaban J connectivity index is 2.80. The summed E-state index contributed by atoms with van der Waals surface area (Å²) in [6.45, 7) is 6.63. The highest BCUT2D eigenvalue weighted by Crippen LogP contribution is 2.18. The smallest absolute Gasteiger partial charge is 0.125 e. The molecule has 0 spiro atoms. The molecule has 18 heavy (non-hydrogen) atoms. The normalized spacial score (nSPS) is 13.7. The molecule has 0 amide bonds. The molecule has 100 valence electrons. The average Bonchev–Trinajstić information content (AvgIpc) is 2.35. The quantitative estimate of drug-likeness (QED) is 0.564. The highest BCUT2D eigenvalue weighted by molar-refractivity contribution is 5.87. The summed E-state index contributed by atoms with van der Waals surface area (Å²) in [6, 6.07) is 6.54. The minimum absolute atomic E-state index is 0.213. The van der Waals surface area contributed by atoms with Gasteiger partial charge in [-0.05, 0) is 43.4 Å². The van der Waals surface area contributed by atoms with Gasteiger partial charge in [0.1, 0.15) is 5.82 Å². The summed E-state index contributed by atoms with van der Waals surface area (Å²) in [6.07, 6.45) is 5.53. The average molecular weight is 249 g/mol. The second-order valence-electron chi connectivity index (χ2n) is 4.98. The van der Waals surface area contributed by atoms with E-state index in [1.54, 1.807) is 6.07 Å². The zero-order valence-electron chi connectivity index (χ0n) is 11.7. The molecule has 1 unspecified atom stereocenters. The zero-order chi connectivity index (χ0) is 13.4. The number of unbranched alkanes of at least 4 members (excludes halogenated alkanes) is 1. The van der Waals surface area contributed by atoms with Crippen LogP contribution in [0.15, 0.2) is 29.3 Å². The first-order valence-corrected chi connectivity index (χ1v) is 6.97. The molecule has 2 heteroatoms. The Kier molecular flexibility index (Phi) is 6.63. The van der Waals surface area contributed by atoms with E-state index < -0.39 is 0 Å². The minimum atomic E-state index is -0.213. The molecule has 0 bridgehead atoms. The summed E-state index contributed by atoms with van der Waals surface area (Å²) < 4.78 is 13.1. The lowest BCUT2D eigenvalue weighted by atomic mass is 9.98. The molecular weight excluding hydrogens is 225 g/mol. The van der Waals surface area contributed by atoms with Crippen molar-refractivity contribution in [3.8, 4) is 0 Å². The maximum absolute atomic E-state index is 13.1. The number of rotatable bonds is 7. The van der Waals surface area contributed by atoms with Crippen molar-refractivity contribution in [3.63, 3.8) is 0 Å². The topological polar surface area (TPSA) is 12.4 Å². The molecule has 1 aromatic rings. The lowest BCUT2D eigenvalue weighted by molar-refractivity contribution is 0.580. The van der Waals surface area contributed by atoms with Gasteiger partial charge in [0.05, 0.1) is 5.69 Å². The largest absolute Gasteiger partial charge is 0.258 e. The molecule has 0 aromatic heterocycles. The van der Waals surface area contributed by atoms with Crippen LogP contribution in [0, 0.1) is 11.7 Å². The Bertz CT molecular complexity index is 384. The fraction of sp³-hybridized carbons (Fsp3) is 0.562. The van der Waals surface area contributed by atoms with Gasteiger partial charge in [0.2, 0.25) is 0 Å². The molecule has 0 saturated heterocycles. The summed E-state index contributed by atoms with van der Waals surface area (Å²) in [5, 5.41) is 0. The summed E-state index contributed by atoms with van der Waals surface area (Å²) in [7, 11) is 0. The second-order valence-corrected chi connectivity index (χ2v) is 4.98. The van der Waals surface area contributed by atoms with Crippen molar-refractivity contribution in [1.82, 2.24) is 0 Å². The molecular formula is C16H24FN. The predicted octanol–water partition coefficient (Wildman–Crippen LogP) is 5.52. The van der Waals surface area contributed by atoms with Gasteiger partial charge < -0.3 is 0 Å². The molecule has 1 atom stereocenters. The number of aliphatic imine (C=N–C) groups is 1. The van der Waals surface area contributed by atoms with Gasteiger partial charge in [0.15, 0.2) is 0 Å². The first-order valence-electron chi connectivity index (χ1n) is 6.97. The maximum Gasteiger partial charge on any atom is 0.125 e. The van der Waals surface area contributed by atoms with Crippen LogP contribution < -0.4 is 0 Å². The molecule has 0 heterocycles. The van der Waals surface area contributed by atoms with E-state index in [1.165, 1.54) is 24.3 Å². The van der Waals surface area contributed by atoms with E-state index >= 15 is 0 Å². The van der Waals surface area contributed by atoms with Crippen molar-refractivity contribution in [3.05, 3.63) is 30.1 Å². The fourth-order valence-electron chi connectivity index (χ4n) is 1.86. The van der Waals surface area contributed by atoms with E-state index in [0.717, 1.165) is 31.4 Å². The number of halogens is 1. The van der Waals surface area contributed by atoms with Gasteiger partial charge in [0.25, 0.3) is 0 Å². The second kappa shape index (κ2) is 8.02. The summed E-state index contributed by atoms with van der Waals surface area (Å²) in [5.74, 6) is 0.434. The van der Waals surface area contributed by atoms with E-state index in [4.69, 9.17) is 0 Å². The number of hydrogen-bond donors (Lipinski definition) is 0. The van der Waals surface area contributed by atoms with E-state index in [0.29, 0.717) is 5.92 Å². The highest BCUT2D eigenvalue weighted by Gasteiger charge is 2.06. The number of benzene rings is 1. The summed E-state index contributed by atoms with van der Waals surface area (Å²) >= 11 is 0. The first-order chi connectivity index (χ1) is 8.65. The SMILES string of the molecule is CCCC/C(CC(C)CC)=N\c1cccc(F)c1. The van der Waals surface area contributed by atoms with Gasteiger partial charge in [-0.1, -0.05) is 39.7 Å². The van der Waals surface area contributed by atoms with Crippen LogP contribution in [-0.4, -0.2) is 5.71 Å². The van der Waals surface area contributed by atoms with Crippen LogP contribution in [0.4, 0.5) is 10.1 Å². The molecule has 1 nitrogen and oxygen atoms in total. The zero-order valence-corrected chi connectivity index (χ0v) is 11.7. The molecule has 0 aliphatic rings. The lowest BCUT2D eigenvalue weighted by Crippen LogP contribution is -2.05. The molecule has 0 aliphatic carbocycles. The third-order valence-corrected chi connectivity index (χ3v) is 3.20. The maximum atomic E-state index is 13.1. The Morgan fingerprint density at radius 2 is 2.11 bits per heavy atom. The Hall–Kier alpha value is -1.18. The van der Waals surface area contributed by atoms with Gasteiger partial charge in [-0.15, -0.1) is 0 Å². The van der Waals surface area contributed by atoms with Crippen LogP contribution in [0.3, 0.4) is 0 Å². The van der Waals surface area contributed by atoms with Crippen molar-refractivity contribution in [2.75, 3.05) is 0 Å². The lowest BCUT2D eigenvalue weighted by Gasteiger charge is -2.11. The monoisotopic (exact) mass is 249 g/mol. The van der Waals surface area contributed by atoms with Crippen molar-refractivity contribution in [1.29, 1.82) is 0 Å². The van der Waals surface area contributed by atoms with E-state index in [-0.39, 0.29) is 5.82 Å². The van der Waals surface area contributed by atoms with Gasteiger partial charge in [0, 0.05) is 5.71 Å². The summed E-state index contributed by atoms with van der Waals surface area (Å²) in [5.41, 5.74) is 1.95. The van der Waals surface area contributed by atoms with E-state index in [9.17, 15) is 4.39 Å². The fourth-order valence-corrected chi connectivity index (χ4v) is 1.86. The van der Waals surface area contributed by atoms with E-state index in [1.807, 2.05) is 6.07 Å². The van der Waals surface area contributed by atoms with Crippen LogP contribution in [0.5, 0.6) is 0 Å². The van der Waals surface area contributed by atoms with Crippen molar-refractivity contribution >= 4 is 11.4 Å². The van der Waals surface area contributed by atoms with Crippen LogP contribution in [-0.2, 0) is 0 Å². The van der Waals surface area contributed by atoms with Crippen LogP contribution in [0.2, 0.25) is 0 Å². The van der Waals surface area contributed by atoms with Crippen LogP contribution >= 0.6 is 0 Å². The van der Waals surface area contributed by atoms with Crippen LogP contribution in [0.1, 0.15) is 52.9 Å². The van der Waals surface area contributed by atoms with Gasteiger partial charge in [-0.3, -0.25) is 4.99 Å². The third-order valence-electron chi connectivity index (χ3n) is 3.20. The molecule has 0 N–H and O–H groups in total. The van der Waals surface area contributed by atoms with Crippen molar-refractivity contribution < 1.29 is 4.39 Å². The Morgan fingerprint density at radius 1 is 1.33 bits per heavy atom. The van der Waals surface area contributed by atoms with Gasteiger partial charge in [-0.2, -0.15) is 0 Å². The molecule has 1 aromatic carbocycles. The first kappa shape index (κ1) is 14.9. The predicted molar refractivity (Wildman–Crippen MR) is 77.1 cm³/mol. The molecule has 0 saturated carbocycles. The summed E-state index contributed by atoms with van der Waals surface area (Å²) in [4.78, 5) is 4.62. The molecule has 0 radical (unpaired) electrons. The van der Waals surface area contributed by atoms with Gasteiger partial charge >= 0.3 is 0 Å². The standard InChI is InChI=1S/C16H24FN/c1-4-6-9-15(11-13(3)5-2)18-16-10-7-8-14(17)12-16/h7-8,10,12-13H,4-6,9,11H2,1-3H3/b18-15+. The highest BCUT2D eigenvalue weighted by atomic mass is 19.1. The molecule has 1 rings (SSSR count). The number of nitrogens with zero attached hydrogens (tertiary/aromatic N) is 1. The van der Waals surface area contributed by atoms with Crippen molar-refractivity contribution in [2.24, 2.45) is 10.9 Å². The van der Waals surface area contributed by atoms with E-state index in [2.05, 4.69) is 25.8 Å². The Morgan fingerprint density at radius 3 is 2.72 bits per heavy atom. The van der Waals surface area contributed by atoms with Crippen LogP contribution in [0.25, 0.3) is 0 Å². The van der Waals surface area contributed by atoms with Crippen molar-refractivity contribution in [2.45, 2.75) is 52.9 Å². The Labute approximate surface area is 110 Å². The minimum Gasteiger partial charge on any atom is -0.258 e. The third kappa shape index (κ3) is 5.44.